The lowest BCUT2D eigenvalue weighted by atomic mass is 9.96. The molecule has 0 radical (unpaired) electrons. The summed E-state index contributed by atoms with van der Waals surface area (Å²) in [5.74, 6) is -0.999. The summed E-state index contributed by atoms with van der Waals surface area (Å²) in [4.78, 5) is 39.7. The van der Waals surface area contributed by atoms with E-state index in [0.717, 1.165) is 0 Å². The van der Waals surface area contributed by atoms with Crippen molar-refractivity contribution in [2.24, 2.45) is 11.7 Å². The molecule has 1 aromatic rings. The van der Waals surface area contributed by atoms with Gasteiger partial charge in [-0.15, -0.1) is 0 Å². The molecule has 3 amide bonds. The second-order valence-electron chi connectivity index (χ2n) is 7.97. The summed E-state index contributed by atoms with van der Waals surface area (Å²) in [6, 6.07) is 4.32. The number of hydrogen-bond donors (Lipinski definition) is 1. The number of anilines is 1. The van der Waals surface area contributed by atoms with Gasteiger partial charge in [-0.3, -0.25) is 19.3 Å². The van der Waals surface area contributed by atoms with Crippen LogP contribution in [0.4, 0.5) is 5.69 Å². The van der Waals surface area contributed by atoms with E-state index in [1.54, 1.807) is 4.90 Å². The molecule has 0 aliphatic carbocycles. The van der Waals surface area contributed by atoms with E-state index in [1.807, 2.05) is 0 Å². The maximum Gasteiger partial charge on any atom is 0.265 e. The molecular weight excluding hydrogens is 440 g/mol. The van der Waals surface area contributed by atoms with E-state index in [1.165, 1.54) is 27.4 Å². The van der Waals surface area contributed by atoms with E-state index in [0.29, 0.717) is 44.9 Å². The molecule has 0 unspecified atom stereocenters. The molecular formula is C20H26N4O7S. The number of nitrogens with two attached hydrogens (primary N) is 1. The molecule has 0 bridgehead atoms. The molecule has 3 aliphatic heterocycles. The second kappa shape index (κ2) is 9.04. The highest BCUT2D eigenvalue weighted by Crippen LogP contribution is 2.35. The summed E-state index contributed by atoms with van der Waals surface area (Å²) in [6.07, 6.45) is 0.966. The standard InChI is InChI=1S/C20H26N4O7S/c21-20(27)14-3-5-22(6-4-14)18(25)12-24-16-11-15(1-2-17(16)31-13-19(24)26)32(28,29)23-7-9-30-10-8-23/h1-2,11,14H,3-10,12-13H2,(H2,21,27). The Labute approximate surface area is 186 Å². The van der Waals surface area contributed by atoms with Crippen molar-refractivity contribution in [1.29, 1.82) is 0 Å². The Morgan fingerprint density at radius 3 is 2.44 bits per heavy atom. The molecule has 3 heterocycles. The van der Waals surface area contributed by atoms with E-state index in [4.69, 9.17) is 15.2 Å². The second-order valence-corrected chi connectivity index (χ2v) is 9.91. The summed E-state index contributed by atoms with van der Waals surface area (Å²) in [6.45, 7) is 1.41. The van der Waals surface area contributed by atoms with Crippen LogP contribution in [0.5, 0.6) is 5.75 Å². The molecule has 0 aromatic heterocycles. The molecule has 12 heteroatoms. The van der Waals surface area contributed by atoms with Crippen LogP contribution in [0.2, 0.25) is 0 Å². The molecule has 0 saturated carbocycles. The van der Waals surface area contributed by atoms with Crippen molar-refractivity contribution >= 4 is 33.4 Å². The topological polar surface area (TPSA) is 140 Å². The maximum atomic E-state index is 13.0. The van der Waals surface area contributed by atoms with E-state index >= 15 is 0 Å². The van der Waals surface area contributed by atoms with Gasteiger partial charge < -0.3 is 20.1 Å². The number of benzene rings is 1. The quantitative estimate of drug-likeness (QED) is 0.597. The third kappa shape index (κ3) is 4.43. The summed E-state index contributed by atoms with van der Waals surface area (Å²) >= 11 is 0. The summed E-state index contributed by atoms with van der Waals surface area (Å²) in [5, 5.41) is 0. The maximum absolute atomic E-state index is 13.0. The number of carbonyl (C=O) groups excluding carboxylic acids is 3. The van der Waals surface area contributed by atoms with Gasteiger partial charge in [0.1, 0.15) is 12.3 Å². The van der Waals surface area contributed by atoms with Gasteiger partial charge in [0.15, 0.2) is 6.61 Å². The predicted octanol–water partition coefficient (Wildman–Crippen LogP) is -0.843. The number of sulfonamides is 1. The van der Waals surface area contributed by atoms with Crippen LogP contribution < -0.4 is 15.4 Å². The van der Waals surface area contributed by atoms with Gasteiger partial charge in [0, 0.05) is 32.1 Å². The fraction of sp³-hybridized carbons (Fsp3) is 0.550. The largest absolute Gasteiger partial charge is 0.482 e. The molecule has 4 rings (SSSR count). The number of nitrogens with zero attached hydrogens (tertiary/aromatic N) is 3. The minimum Gasteiger partial charge on any atom is -0.482 e. The first-order chi connectivity index (χ1) is 15.3. The van der Waals surface area contributed by atoms with Crippen molar-refractivity contribution in [2.75, 3.05) is 57.4 Å². The molecule has 2 N–H and O–H groups in total. The number of ether oxygens (including phenoxy) is 2. The summed E-state index contributed by atoms with van der Waals surface area (Å²) in [5.41, 5.74) is 5.59. The number of piperidine rings is 1. The van der Waals surface area contributed by atoms with Crippen LogP contribution in [0.15, 0.2) is 23.1 Å². The van der Waals surface area contributed by atoms with Gasteiger partial charge in [-0.25, -0.2) is 8.42 Å². The van der Waals surface area contributed by atoms with Crippen LogP contribution in [-0.4, -0.2) is 87.9 Å². The summed E-state index contributed by atoms with van der Waals surface area (Å²) in [7, 11) is -3.78. The van der Waals surface area contributed by atoms with Crippen molar-refractivity contribution in [2.45, 2.75) is 17.7 Å². The van der Waals surface area contributed by atoms with E-state index in [2.05, 4.69) is 0 Å². The number of morpholine rings is 1. The van der Waals surface area contributed by atoms with Crippen LogP contribution in [0.25, 0.3) is 0 Å². The average Bonchev–Trinajstić information content (AvgIpc) is 2.81. The number of carbonyl (C=O) groups is 3. The van der Waals surface area contributed by atoms with Gasteiger partial charge in [-0.2, -0.15) is 4.31 Å². The van der Waals surface area contributed by atoms with Gasteiger partial charge in [-0.05, 0) is 31.0 Å². The number of fused-ring (bicyclic) bond motifs is 1. The number of primary amides is 1. The monoisotopic (exact) mass is 466 g/mol. The fourth-order valence-corrected chi connectivity index (χ4v) is 5.53. The number of hydrogen-bond acceptors (Lipinski definition) is 7. The Kier molecular flexibility index (Phi) is 6.35. The van der Waals surface area contributed by atoms with Gasteiger partial charge in [0.05, 0.1) is 23.8 Å². The zero-order valence-electron chi connectivity index (χ0n) is 17.6. The Morgan fingerprint density at radius 1 is 1.09 bits per heavy atom. The lowest BCUT2D eigenvalue weighted by molar-refractivity contribution is -0.134. The third-order valence-electron chi connectivity index (χ3n) is 6.02. The van der Waals surface area contributed by atoms with Crippen molar-refractivity contribution in [1.82, 2.24) is 9.21 Å². The van der Waals surface area contributed by atoms with Crippen LogP contribution >= 0.6 is 0 Å². The highest BCUT2D eigenvalue weighted by atomic mass is 32.2. The fourth-order valence-electron chi connectivity index (χ4n) is 4.10. The predicted molar refractivity (Wildman–Crippen MR) is 112 cm³/mol. The molecule has 3 aliphatic rings. The number of rotatable bonds is 5. The van der Waals surface area contributed by atoms with Crippen LogP contribution in [0.3, 0.4) is 0 Å². The first-order valence-electron chi connectivity index (χ1n) is 10.5. The van der Waals surface area contributed by atoms with Crippen molar-refractivity contribution in [3.63, 3.8) is 0 Å². The molecule has 11 nitrogen and oxygen atoms in total. The minimum atomic E-state index is -3.78. The van der Waals surface area contributed by atoms with Crippen molar-refractivity contribution < 1.29 is 32.3 Å². The Hall–Kier alpha value is -2.70. The van der Waals surface area contributed by atoms with Crippen LogP contribution in [0.1, 0.15) is 12.8 Å². The Morgan fingerprint density at radius 2 is 1.78 bits per heavy atom. The average molecular weight is 467 g/mol. The van der Waals surface area contributed by atoms with Crippen molar-refractivity contribution in [3.05, 3.63) is 18.2 Å². The molecule has 32 heavy (non-hydrogen) atoms. The number of amides is 3. The third-order valence-corrected chi connectivity index (χ3v) is 7.92. The van der Waals surface area contributed by atoms with Gasteiger partial charge in [0.25, 0.3) is 5.91 Å². The molecule has 1 aromatic carbocycles. The number of likely N-dealkylation sites (tertiary alicyclic amines) is 1. The summed E-state index contributed by atoms with van der Waals surface area (Å²) < 4.78 is 38.1. The van der Waals surface area contributed by atoms with Gasteiger partial charge >= 0.3 is 0 Å². The normalized spacial score (nSPS) is 20.6. The molecule has 174 valence electrons. The van der Waals surface area contributed by atoms with E-state index in [9.17, 15) is 22.8 Å². The van der Waals surface area contributed by atoms with Crippen LogP contribution in [0, 0.1) is 5.92 Å². The van der Waals surface area contributed by atoms with Gasteiger partial charge in [-0.1, -0.05) is 0 Å². The zero-order chi connectivity index (χ0) is 22.9. The minimum absolute atomic E-state index is 0.0242. The van der Waals surface area contributed by atoms with Crippen molar-refractivity contribution in [3.8, 4) is 5.75 Å². The Bertz CT molecular complexity index is 1010. The molecule has 2 fully saturated rings. The lowest BCUT2D eigenvalue weighted by Gasteiger charge is -2.34. The van der Waals surface area contributed by atoms with E-state index in [-0.39, 0.29) is 54.6 Å². The highest BCUT2D eigenvalue weighted by Gasteiger charge is 2.33. The molecule has 2 saturated heterocycles. The first kappa shape index (κ1) is 22.5. The van der Waals surface area contributed by atoms with Crippen LogP contribution in [-0.2, 0) is 29.1 Å². The zero-order valence-corrected chi connectivity index (χ0v) is 18.4. The molecule has 0 spiro atoms. The van der Waals surface area contributed by atoms with E-state index < -0.39 is 15.9 Å². The lowest BCUT2D eigenvalue weighted by Crippen LogP contribution is -2.49. The first-order valence-corrected chi connectivity index (χ1v) is 11.9. The smallest absolute Gasteiger partial charge is 0.265 e. The highest BCUT2D eigenvalue weighted by molar-refractivity contribution is 7.89. The molecule has 0 atom stereocenters. The Balaban J connectivity index is 1.54. The van der Waals surface area contributed by atoms with Gasteiger partial charge in [0.2, 0.25) is 21.8 Å². The SMILES string of the molecule is NC(=O)C1CCN(C(=O)CN2C(=O)COc3ccc(S(=O)(=O)N4CCOCC4)cc32)CC1.